The van der Waals surface area contributed by atoms with E-state index in [0.717, 1.165) is 53.3 Å². The van der Waals surface area contributed by atoms with Crippen LogP contribution in [-0.2, 0) is 13.0 Å². The van der Waals surface area contributed by atoms with E-state index in [1.807, 2.05) is 48.5 Å². The Morgan fingerprint density at radius 1 is 1.00 bits per heavy atom. The van der Waals surface area contributed by atoms with Crippen LogP contribution in [0.4, 0.5) is 0 Å². The summed E-state index contributed by atoms with van der Waals surface area (Å²) < 4.78 is 5.89. The van der Waals surface area contributed by atoms with Gasteiger partial charge in [-0.25, -0.2) is 4.98 Å². The third-order valence-electron chi connectivity index (χ3n) is 4.31. The number of aromatic amines is 1. The minimum atomic E-state index is 0.596. The fourth-order valence-corrected chi connectivity index (χ4v) is 3.57. The minimum absolute atomic E-state index is 0.596. The molecule has 2 heterocycles. The fraction of sp³-hybridized carbons (Fsp3) is 0.190. The molecule has 2 N–H and O–H groups in total. The highest BCUT2D eigenvalue weighted by molar-refractivity contribution is 6.35. The Hall–Kier alpha value is -2.27. The van der Waals surface area contributed by atoms with Gasteiger partial charge in [0.25, 0.3) is 0 Å². The molecule has 4 rings (SSSR count). The zero-order valence-corrected chi connectivity index (χ0v) is 16.1. The van der Waals surface area contributed by atoms with Crippen LogP contribution < -0.4 is 5.32 Å². The Bertz CT molecular complexity index is 1000. The SMILES string of the molecule is Clc1cc(Cl)cc(-c2ccc(CNCCCc3nc4ccccc4[nH]3)o2)c1. The lowest BCUT2D eigenvalue weighted by Gasteiger charge is -2.02. The zero-order valence-electron chi connectivity index (χ0n) is 14.6. The predicted molar refractivity (Wildman–Crippen MR) is 110 cm³/mol. The first-order chi connectivity index (χ1) is 13.2. The number of aromatic nitrogens is 2. The van der Waals surface area contributed by atoms with Crippen molar-refractivity contribution in [3.05, 3.63) is 76.2 Å². The van der Waals surface area contributed by atoms with Gasteiger partial charge >= 0.3 is 0 Å². The molecule has 4 nitrogen and oxygen atoms in total. The number of H-pyrrole nitrogens is 1. The second kappa shape index (κ2) is 8.17. The first kappa shape index (κ1) is 18.1. The molecule has 0 amide bonds. The van der Waals surface area contributed by atoms with E-state index in [0.29, 0.717) is 16.6 Å². The summed E-state index contributed by atoms with van der Waals surface area (Å²) in [7, 11) is 0. The highest BCUT2D eigenvalue weighted by Gasteiger charge is 2.07. The predicted octanol–water partition coefficient (Wildman–Crippen LogP) is 5.85. The van der Waals surface area contributed by atoms with Gasteiger partial charge in [0.15, 0.2) is 0 Å². The van der Waals surface area contributed by atoms with Crippen molar-refractivity contribution >= 4 is 34.2 Å². The lowest BCUT2D eigenvalue weighted by Crippen LogP contribution is -2.15. The third kappa shape index (κ3) is 4.53. The summed E-state index contributed by atoms with van der Waals surface area (Å²) in [6, 6.07) is 17.4. The molecule has 0 bridgehead atoms. The van der Waals surface area contributed by atoms with Crippen LogP contribution in [0, 0.1) is 0 Å². The summed E-state index contributed by atoms with van der Waals surface area (Å²) in [5.41, 5.74) is 2.98. The molecule has 0 saturated carbocycles. The van der Waals surface area contributed by atoms with Crippen LogP contribution in [0.1, 0.15) is 18.0 Å². The molecule has 0 spiro atoms. The van der Waals surface area contributed by atoms with Crippen molar-refractivity contribution in [1.82, 2.24) is 15.3 Å². The van der Waals surface area contributed by atoms with E-state index in [1.54, 1.807) is 6.07 Å². The van der Waals surface area contributed by atoms with Gasteiger partial charge in [0.05, 0.1) is 17.6 Å². The van der Waals surface area contributed by atoms with Gasteiger partial charge in [0.2, 0.25) is 0 Å². The van der Waals surface area contributed by atoms with Gasteiger partial charge in [0, 0.05) is 22.0 Å². The molecule has 4 aromatic rings. The van der Waals surface area contributed by atoms with Gasteiger partial charge in [-0.1, -0.05) is 35.3 Å². The second-order valence-corrected chi connectivity index (χ2v) is 7.28. The number of halogens is 2. The first-order valence-electron chi connectivity index (χ1n) is 8.87. The number of hydrogen-bond acceptors (Lipinski definition) is 3. The number of nitrogens with one attached hydrogen (secondary N) is 2. The summed E-state index contributed by atoms with van der Waals surface area (Å²) in [5.74, 6) is 2.67. The van der Waals surface area contributed by atoms with E-state index in [9.17, 15) is 0 Å². The molecule has 2 aromatic heterocycles. The summed E-state index contributed by atoms with van der Waals surface area (Å²) in [6.45, 7) is 1.56. The van der Waals surface area contributed by atoms with Crippen LogP contribution in [0.2, 0.25) is 10.0 Å². The van der Waals surface area contributed by atoms with E-state index < -0.39 is 0 Å². The van der Waals surface area contributed by atoms with Crippen molar-refractivity contribution in [1.29, 1.82) is 0 Å². The summed E-state index contributed by atoms with van der Waals surface area (Å²) in [5, 5.41) is 4.60. The molecule has 6 heteroatoms. The molecule has 27 heavy (non-hydrogen) atoms. The number of fused-ring (bicyclic) bond motifs is 1. The largest absolute Gasteiger partial charge is 0.460 e. The molecular formula is C21H19Cl2N3O. The van der Waals surface area contributed by atoms with E-state index >= 15 is 0 Å². The van der Waals surface area contributed by atoms with Gasteiger partial charge in [-0.05, 0) is 55.4 Å². The molecule has 0 saturated heterocycles. The van der Waals surface area contributed by atoms with Crippen LogP contribution in [0.15, 0.2) is 59.0 Å². The molecule has 0 unspecified atom stereocenters. The maximum absolute atomic E-state index is 6.06. The van der Waals surface area contributed by atoms with Crippen molar-refractivity contribution in [3.63, 3.8) is 0 Å². The number of para-hydroxylation sites is 2. The summed E-state index contributed by atoms with van der Waals surface area (Å²) in [4.78, 5) is 7.95. The Morgan fingerprint density at radius 3 is 2.63 bits per heavy atom. The smallest absolute Gasteiger partial charge is 0.134 e. The molecule has 0 aliphatic carbocycles. The Balaban J connectivity index is 1.26. The highest BCUT2D eigenvalue weighted by atomic mass is 35.5. The Morgan fingerprint density at radius 2 is 1.81 bits per heavy atom. The molecule has 2 aromatic carbocycles. The van der Waals surface area contributed by atoms with Crippen LogP contribution in [0.3, 0.4) is 0 Å². The second-order valence-electron chi connectivity index (χ2n) is 6.41. The van der Waals surface area contributed by atoms with Gasteiger partial charge < -0.3 is 14.7 Å². The molecule has 0 radical (unpaired) electrons. The maximum Gasteiger partial charge on any atom is 0.134 e. The zero-order chi connectivity index (χ0) is 18.6. The van der Waals surface area contributed by atoms with E-state index in [1.165, 1.54) is 0 Å². The number of furan rings is 1. The highest BCUT2D eigenvalue weighted by Crippen LogP contribution is 2.28. The van der Waals surface area contributed by atoms with Crippen molar-refractivity contribution < 1.29 is 4.42 Å². The van der Waals surface area contributed by atoms with Crippen LogP contribution in [0.25, 0.3) is 22.4 Å². The van der Waals surface area contributed by atoms with Crippen molar-refractivity contribution in [2.75, 3.05) is 6.54 Å². The van der Waals surface area contributed by atoms with Crippen LogP contribution in [0.5, 0.6) is 0 Å². The van der Waals surface area contributed by atoms with Gasteiger partial charge in [0.1, 0.15) is 17.3 Å². The lowest BCUT2D eigenvalue weighted by molar-refractivity contribution is 0.490. The van der Waals surface area contributed by atoms with Gasteiger partial charge in [-0.3, -0.25) is 0 Å². The number of rotatable bonds is 7. The van der Waals surface area contributed by atoms with Gasteiger partial charge in [-0.15, -0.1) is 0 Å². The van der Waals surface area contributed by atoms with E-state index in [2.05, 4.69) is 15.3 Å². The third-order valence-corrected chi connectivity index (χ3v) is 4.75. The molecular weight excluding hydrogens is 381 g/mol. The number of benzene rings is 2. The normalized spacial score (nSPS) is 11.3. The number of aryl methyl sites for hydroxylation is 1. The molecule has 0 atom stereocenters. The molecule has 0 aliphatic heterocycles. The van der Waals surface area contributed by atoms with E-state index in [4.69, 9.17) is 27.6 Å². The maximum atomic E-state index is 6.06. The molecule has 138 valence electrons. The quantitative estimate of drug-likeness (QED) is 0.383. The summed E-state index contributed by atoms with van der Waals surface area (Å²) >= 11 is 12.1. The topological polar surface area (TPSA) is 53.9 Å². The van der Waals surface area contributed by atoms with Gasteiger partial charge in [-0.2, -0.15) is 0 Å². The van der Waals surface area contributed by atoms with Crippen molar-refractivity contribution in [2.45, 2.75) is 19.4 Å². The standard InChI is InChI=1S/C21H19Cl2N3O/c22-15-10-14(11-16(23)12-15)20-8-7-17(27-20)13-24-9-3-6-21-25-18-4-1-2-5-19(18)26-21/h1-2,4-5,7-8,10-12,24H,3,6,9,13H2,(H,25,26). The van der Waals surface area contributed by atoms with Crippen molar-refractivity contribution in [3.8, 4) is 11.3 Å². The van der Waals surface area contributed by atoms with Crippen molar-refractivity contribution in [2.24, 2.45) is 0 Å². The minimum Gasteiger partial charge on any atom is -0.460 e. The fourth-order valence-electron chi connectivity index (χ4n) is 3.04. The number of hydrogen-bond donors (Lipinski definition) is 2. The monoisotopic (exact) mass is 399 g/mol. The Kier molecular flexibility index (Phi) is 5.48. The molecule has 0 fully saturated rings. The summed E-state index contributed by atoms with van der Waals surface area (Å²) in [6.07, 6.45) is 1.91. The number of imidazole rings is 1. The number of nitrogens with zero attached hydrogens (tertiary/aromatic N) is 1. The van der Waals surface area contributed by atoms with Crippen LogP contribution in [-0.4, -0.2) is 16.5 Å². The van der Waals surface area contributed by atoms with E-state index in [-0.39, 0.29) is 0 Å². The lowest BCUT2D eigenvalue weighted by atomic mass is 10.2. The average Bonchev–Trinajstić information content (AvgIpc) is 3.27. The Labute approximate surface area is 167 Å². The first-order valence-corrected chi connectivity index (χ1v) is 9.62. The van der Waals surface area contributed by atoms with Crippen LogP contribution >= 0.6 is 23.2 Å². The molecule has 0 aliphatic rings. The average molecular weight is 400 g/mol.